The van der Waals surface area contributed by atoms with Crippen molar-refractivity contribution in [1.82, 2.24) is 19.7 Å². The number of carbonyl (C=O) groups is 3. The molecule has 0 radical (unpaired) electrons. The molecule has 2 aromatic carbocycles. The molecule has 4 aromatic rings. The third-order valence-electron chi connectivity index (χ3n) is 9.04. The Morgan fingerprint density at radius 3 is 2.64 bits per heavy atom. The highest BCUT2D eigenvalue weighted by atomic mass is 35.5. The molecule has 2 fully saturated rings. The highest BCUT2D eigenvalue weighted by Crippen LogP contribution is 2.38. The second kappa shape index (κ2) is 15.1. The number of amides is 2. The van der Waals surface area contributed by atoms with Crippen LogP contribution in [0.3, 0.4) is 0 Å². The van der Waals surface area contributed by atoms with E-state index in [1.165, 1.54) is 35.7 Å². The van der Waals surface area contributed by atoms with Crippen LogP contribution in [0.15, 0.2) is 53.3 Å². The number of carbonyl (C=O) groups excluding carboxylic acids is 3. The lowest BCUT2D eigenvalue weighted by molar-refractivity contribution is -0.150. The standard InChI is InChI=1S/C34H34ClF4N5O5S/c1-48-31(46)7-6-22-16-40-33(50-22)28-14-21(43-10-8-42(9-11-43)19-34(37,38)39)17-44(28)30(45)13-20-12-25(35)27(15-26(20)36)41-32(47)24-18-49-29-5-3-2-4-23(24)29/h2-5,12,15-16,18,21,28H,6-11,13-14,17,19H2,1H3,(H,41,47)/t21-,28-/m0/s1. The molecular formula is C34H34ClF4N5O5S. The number of aromatic nitrogens is 1. The molecule has 6 rings (SSSR count). The van der Waals surface area contributed by atoms with Crippen LogP contribution < -0.4 is 5.32 Å². The molecule has 0 bridgehead atoms. The van der Waals surface area contributed by atoms with Gasteiger partial charge in [0.15, 0.2) is 0 Å². The zero-order valence-corrected chi connectivity index (χ0v) is 28.5. The molecular weight excluding hydrogens is 702 g/mol. The summed E-state index contributed by atoms with van der Waals surface area (Å²) in [5.74, 6) is -2.01. The number of halogens is 5. The molecule has 16 heteroatoms. The largest absolute Gasteiger partial charge is 0.469 e. The molecule has 2 aliphatic heterocycles. The number of hydrogen-bond acceptors (Lipinski definition) is 9. The quantitative estimate of drug-likeness (QED) is 0.154. The van der Waals surface area contributed by atoms with Crippen molar-refractivity contribution in [2.45, 2.75) is 43.9 Å². The van der Waals surface area contributed by atoms with Crippen LogP contribution in [0.1, 0.15) is 44.7 Å². The van der Waals surface area contributed by atoms with Crippen molar-refractivity contribution >= 4 is 57.4 Å². The van der Waals surface area contributed by atoms with Crippen LogP contribution in [0.25, 0.3) is 11.0 Å². The molecule has 2 amide bonds. The Balaban J connectivity index is 1.17. The van der Waals surface area contributed by atoms with Crippen LogP contribution in [-0.2, 0) is 27.2 Å². The molecule has 0 spiro atoms. The number of anilines is 1. The number of benzene rings is 2. The van der Waals surface area contributed by atoms with Crippen LogP contribution in [0.5, 0.6) is 0 Å². The molecule has 2 aromatic heterocycles. The fourth-order valence-corrected chi connectivity index (χ4v) is 7.75. The van der Waals surface area contributed by atoms with Gasteiger partial charge in [0.25, 0.3) is 5.91 Å². The van der Waals surface area contributed by atoms with E-state index in [-0.39, 0.29) is 72.2 Å². The van der Waals surface area contributed by atoms with Crippen LogP contribution in [0.2, 0.25) is 5.02 Å². The third kappa shape index (κ3) is 8.28. The smallest absolute Gasteiger partial charge is 0.401 e. The Hall–Kier alpha value is -4.05. The number of hydrogen-bond donors (Lipinski definition) is 1. The van der Waals surface area contributed by atoms with E-state index in [9.17, 15) is 27.6 Å². The van der Waals surface area contributed by atoms with Gasteiger partial charge in [-0.15, -0.1) is 11.3 Å². The van der Waals surface area contributed by atoms with E-state index in [1.807, 2.05) is 0 Å². The van der Waals surface area contributed by atoms with E-state index in [2.05, 4.69) is 15.2 Å². The number of para-hydroxylation sites is 1. The number of thiazole rings is 1. The molecule has 10 nitrogen and oxygen atoms in total. The topological polar surface area (TPSA) is 108 Å². The van der Waals surface area contributed by atoms with Crippen LogP contribution in [0.4, 0.5) is 23.2 Å². The Labute approximate surface area is 293 Å². The number of likely N-dealkylation sites (tertiary alicyclic amines) is 1. The third-order valence-corrected chi connectivity index (χ3v) is 10.5. The maximum Gasteiger partial charge on any atom is 0.401 e. The van der Waals surface area contributed by atoms with Crippen LogP contribution >= 0.6 is 22.9 Å². The van der Waals surface area contributed by atoms with Gasteiger partial charge in [0, 0.05) is 55.2 Å². The SMILES string of the molecule is COC(=O)CCc1cnc([C@@H]2C[C@H](N3CCN(CC(F)(F)F)CC3)CN2C(=O)Cc2cc(Cl)c(NC(=O)c3coc4ccccc34)cc2F)s1. The molecule has 0 unspecified atom stereocenters. The van der Waals surface area contributed by atoms with Crippen molar-refractivity contribution in [2.24, 2.45) is 0 Å². The van der Waals surface area contributed by atoms with Gasteiger partial charge in [0.2, 0.25) is 5.91 Å². The van der Waals surface area contributed by atoms with Gasteiger partial charge in [-0.1, -0.05) is 29.8 Å². The number of rotatable bonds is 10. The van der Waals surface area contributed by atoms with E-state index >= 15 is 4.39 Å². The Bertz CT molecular complexity index is 1880. The fourth-order valence-electron chi connectivity index (χ4n) is 6.47. The van der Waals surface area contributed by atoms with Crippen molar-refractivity contribution in [1.29, 1.82) is 0 Å². The van der Waals surface area contributed by atoms with E-state index in [0.29, 0.717) is 41.9 Å². The number of nitrogens with one attached hydrogen (secondary N) is 1. The summed E-state index contributed by atoms with van der Waals surface area (Å²) in [5.41, 5.74) is 0.836. The number of piperazine rings is 1. The second-order valence-electron chi connectivity index (χ2n) is 12.3. The Kier molecular flexibility index (Phi) is 10.8. The molecule has 2 aliphatic rings. The lowest BCUT2D eigenvalue weighted by Crippen LogP contribution is -2.52. The van der Waals surface area contributed by atoms with Gasteiger partial charge < -0.3 is 19.4 Å². The summed E-state index contributed by atoms with van der Waals surface area (Å²) in [6.07, 6.45) is -0.555. The molecule has 50 heavy (non-hydrogen) atoms. The first-order valence-corrected chi connectivity index (χ1v) is 17.2. The summed E-state index contributed by atoms with van der Waals surface area (Å²) in [5, 5.41) is 3.89. The van der Waals surface area contributed by atoms with Gasteiger partial charge in [-0.3, -0.25) is 24.2 Å². The van der Waals surface area contributed by atoms with Crippen molar-refractivity contribution in [3.63, 3.8) is 0 Å². The summed E-state index contributed by atoms with van der Waals surface area (Å²) in [4.78, 5) is 49.1. The Morgan fingerprint density at radius 2 is 1.90 bits per heavy atom. The fraction of sp³-hybridized carbons (Fsp3) is 0.412. The number of fused-ring (bicyclic) bond motifs is 1. The normalized spacial score (nSPS) is 18.9. The molecule has 266 valence electrons. The first kappa shape index (κ1) is 35.8. The predicted molar refractivity (Wildman–Crippen MR) is 179 cm³/mol. The molecule has 2 atom stereocenters. The van der Waals surface area contributed by atoms with E-state index in [1.54, 1.807) is 35.4 Å². The zero-order chi connectivity index (χ0) is 35.6. The van der Waals surface area contributed by atoms with E-state index in [0.717, 1.165) is 10.9 Å². The van der Waals surface area contributed by atoms with Crippen molar-refractivity contribution < 1.29 is 41.1 Å². The summed E-state index contributed by atoms with van der Waals surface area (Å²) in [6.45, 7) is 0.610. The second-order valence-corrected chi connectivity index (χ2v) is 13.9. The van der Waals surface area contributed by atoms with Gasteiger partial charge in [-0.25, -0.2) is 9.37 Å². The van der Waals surface area contributed by atoms with Crippen molar-refractivity contribution in [2.75, 3.05) is 51.7 Å². The monoisotopic (exact) mass is 735 g/mol. The van der Waals surface area contributed by atoms with Gasteiger partial charge in [-0.2, -0.15) is 13.2 Å². The van der Waals surface area contributed by atoms with E-state index in [4.69, 9.17) is 20.8 Å². The maximum absolute atomic E-state index is 15.5. The number of esters is 1. The first-order chi connectivity index (χ1) is 23.9. The first-order valence-electron chi connectivity index (χ1n) is 16.0. The van der Waals surface area contributed by atoms with Gasteiger partial charge in [0.05, 0.1) is 48.8 Å². The average Bonchev–Trinajstić information content (AvgIpc) is 3.84. The molecule has 2 saturated heterocycles. The highest BCUT2D eigenvalue weighted by Gasteiger charge is 2.42. The number of alkyl halides is 3. The lowest BCUT2D eigenvalue weighted by Gasteiger charge is -2.38. The minimum Gasteiger partial charge on any atom is -0.469 e. The van der Waals surface area contributed by atoms with Gasteiger partial charge in [0.1, 0.15) is 22.7 Å². The summed E-state index contributed by atoms with van der Waals surface area (Å²) in [6, 6.07) is 8.76. The molecule has 0 saturated carbocycles. The number of aryl methyl sites for hydroxylation is 1. The van der Waals surface area contributed by atoms with E-state index < -0.39 is 30.5 Å². The minimum absolute atomic E-state index is 0.0293. The van der Waals surface area contributed by atoms with Crippen LogP contribution in [0, 0.1) is 5.82 Å². The van der Waals surface area contributed by atoms with Crippen molar-refractivity contribution in [3.05, 3.63) is 80.7 Å². The number of furan rings is 1. The summed E-state index contributed by atoms with van der Waals surface area (Å²) >= 11 is 7.85. The predicted octanol–water partition coefficient (Wildman–Crippen LogP) is 6.10. The molecule has 0 aliphatic carbocycles. The number of ether oxygens (including phenoxy) is 1. The highest BCUT2D eigenvalue weighted by molar-refractivity contribution is 7.11. The van der Waals surface area contributed by atoms with Crippen LogP contribution in [-0.4, -0.2) is 96.1 Å². The molecule has 4 heterocycles. The summed E-state index contributed by atoms with van der Waals surface area (Å²) in [7, 11) is 1.31. The average molecular weight is 736 g/mol. The number of nitrogens with zero attached hydrogens (tertiary/aromatic N) is 4. The Morgan fingerprint density at radius 1 is 1.14 bits per heavy atom. The van der Waals surface area contributed by atoms with Gasteiger partial charge >= 0.3 is 12.1 Å². The minimum atomic E-state index is -4.28. The van der Waals surface area contributed by atoms with Crippen molar-refractivity contribution in [3.8, 4) is 0 Å². The maximum atomic E-state index is 15.5. The summed E-state index contributed by atoms with van der Waals surface area (Å²) < 4.78 is 64.6. The van der Waals surface area contributed by atoms with Gasteiger partial charge in [-0.05, 0) is 36.6 Å². The lowest BCUT2D eigenvalue weighted by atomic mass is 10.1. The number of methoxy groups -OCH3 is 1. The zero-order valence-electron chi connectivity index (χ0n) is 27.0. The molecule has 1 N–H and O–H groups in total.